The predicted octanol–water partition coefficient (Wildman–Crippen LogP) is 4.01. The molecular formula is C21H26ClN3O2. The number of hydrogen-bond acceptors (Lipinski definition) is 4. The standard InChI is InChI=1S/C21H26ClN3O2/c22-18-6-2-1-5-17(18)19-15-23-20(27-19)7-8-21(26)25-13-9-16(10-14-25)24-11-3-4-12-24/h1-2,5-6,15-16H,3-4,7-14H2. The smallest absolute Gasteiger partial charge is 0.223 e. The molecule has 0 N–H and O–H groups in total. The molecule has 0 radical (unpaired) electrons. The number of rotatable bonds is 5. The highest BCUT2D eigenvalue weighted by molar-refractivity contribution is 6.33. The van der Waals surface area contributed by atoms with E-state index < -0.39 is 0 Å². The zero-order valence-corrected chi connectivity index (χ0v) is 16.3. The number of carbonyl (C=O) groups is 1. The van der Waals surface area contributed by atoms with Crippen molar-refractivity contribution >= 4 is 17.5 Å². The molecule has 2 aromatic rings. The van der Waals surface area contributed by atoms with E-state index in [0.717, 1.165) is 31.5 Å². The summed E-state index contributed by atoms with van der Waals surface area (Å²) in [6.07, 6.45) is 7.49. The molecule has 2 saturated heterocycles. The molecule has 0 saturated carbocycles. The van der Waals surface area contributed by atoms with Crippen molar-refractivity contribution in [3.8, 4) is 11.3 Å². The maximum atomic E-state index is 12.6. The lowest BCUT2D eigenvalue weighted by Crippen LogP contribution is -2.45. The first-order chi connectivity index (χ1) is 13.2. The summed E-state index contributed by atoms with van der Waals surface area (Å²) < 4.78 is 5.80. The third kappa shape index (κ3) is 4.36. The molecular weight excluding hydrogens is 362 g/mol. The third-order valence-electron chi connectivity index (χ3n) is 5.72. The quantitative estimate of drug-likeness (QED) is 0.777. The van der Waals surface area contributed by atoms with Crippen LogP contribution in [0.2, 0.25) is 5.02 Å². The average Bonchev–Trinajstić information content (AvgIpc) is 3.39. The fraction of sp³-hybridized carbons (Fsp3) is 0.524. The normalized spacial score (nSPS) is 18.9. The van der Waals surface area contributed by atoms with E-state index in [9.17, 15) is 4.79 Å². The molecule has 144 valence electrons. The highest BCUT2D eigenvalue weighted by atomic mass is 35.5. The van der Waals surface area contributed by atoms with E-state index in [-0.39, 0.29) is 5.91 Å². The summed E-state index contributed by atoms with van der Waals surface area (Å²) in [6.45, 7) is 4.21. The minimum absolute atomic E-state index is 0.201. The number of likely N-dealkylation sites (tertiary alicyclic amines) is 2. The molecule has 1 amide bonds. The van der Waals surface area contributed by atoms with Crippen LogP contribution < -0.4 is 0 Å². The second kappa shape index (κ2) is 8.44. The third-order valence-corrected chi connectivity index (χ3v) is 6.05. The highest BCUT2D eigenvalue weighted by Crippen LogP contribution is 2.28. The Balaban J connectivity index is 1.27. The minimum atomic E-state index is 0.201. The fourth-order valence-electron chi connectivity index (χ4n) is 4.17. The van der Waals surface area contributed by atoms with E-state index in [2.05, 4.69) is 9.88 Å². The van der Waals surface area contributed by atoms with Gasteiger partial charge in [-0.1, -0.05) is 23.7 Å². The molecule has 0 spiro atoms. The van der Waals surface area contributed by atoms with Crippen LogP contribution in [0, 0.1) is 0 Å². The van der Waals surface area contributed by atoms with Gasteiger partial charge in [-0.25, -0.2) is 4.98 Å². The zero-order valence-electron chi connectivity index (χ0n) is 15.6. The Labute approximate surface area is 165 Å². The minimum Gasteiger partial charge on any atom is -0.441 e. The molecule has 27 heavy (non-hydrogen) atoms. The Hall–Kier alpha value is -1.85. The summed E-state index contributed by atoms with van der Waals surface area (Å²) in [5.74, 6) is 1.44. The molecule has 4 rings (SSSR count). The van der Waals surface area contributed by atoms with Gasteiger partial charge >= 0.3 is 0 Å². The average molecular weight is 388 g/mol. The van der Waals surface area contributed by atoms with Gasteiger partial charge in [0.05, 0.1) is 11.2 Å². The van der Waals surface area contributed by atoms with Crippen molar-refractivity contribution in [1.82, 2.24) is 14.8 Å². The highest BCUT2D eigenvalue weighted by Gasteiger charge is 2.28. The van der Waals surface area contributed by atoms with Crippen molar-refractivity contribution in [2.24, 2.45) is 0 Å². The lowest BCUT2D eigenvalue weighted by Gasteiger charge is -2.36. The summed E-state index contributed by atoms with van der Waals surface area (Å²) in [4.78, 5) is 21.5. The van der Waals surface area contributed by atoms with Crippen LogP contribution in [0.4, 0.5) is 0 Å². The number of aryl methyl sites for hydroxylation is 1. The Bertz CT molecular complexity index is 777. The Morgan fingerprint density at radius 1 is 1.15 bits per heavy atom. The molecule has 0 aliphatic carbocycles. The Kier molecular flexibility index (Phi) is 5.79. The molecule has 5 nitrogen and oxygen atoms in total. The van der Waals surface area contributed by atoms with Crippen LogP contribution in [0.3, 0.4) is 0 Å². The molecule has 1 aromatic heterocycles. The van der Waals surface area contributed by atoms with Crippen molar-refractivity contribution in [2.45, 2.75) is 44.6 Å². The van der Waals surface area contributed by atoms with Crippen molar-refractivity contribution < 1.29 is 9.21 Å². The molecule has 2 fully saturated rings. The molecule has 0 atom stereocenters. The van der Waals surface area contributed by atoms with Gasteiger partial charge in [0, 0.05) is 37.5 Å². The van der Waals surface area contributed by atoms with Gasteiger partial charge in [-0.15, -0.1) is 0 Å². The molecule has 0 bridgehead atoms. The maximum Gasteiger partial charge on any atom is 0.223 e. The van der Waals surface area contributed by atoms with Gasteiger partial charge < -0.3 is 14.2 Å². The van der Waals surface area contributed by atoms with Crippen LogP contribution in [0.1, 0.15) is 38.0 Å². The Morgan fingerprint density at radius 2 is 1.89 bits per heavy atom. The number of oxazole rings is 1. The number of carbonyl (C=O) groups excluding carboxylic acids is 1. The van der Waals surface area contributed by atoms with Crippen LogP contribution in [0.15, 0.2) is 34.9 Å². The number of piperidine rings is 1. The number of nitrogens with zero attached hydrogens (tertiary/aromatic N) is 3. The number of amides is 1. The number of halogens is 1. The van der Waals surface area contributed by atoms with E-state index in [1.165, 1.54) is 25.9 Å². The van der Waals surface area contributed by atoms with Gasteiger partial charge in [0.15, 0.2) is 11.7 Å². The topological polar surface area (TPSA) is 49.6 Å². The van der Waals surface area contributed by atoms with E-state index in [0.29, 0.717) is 35.6 Å². The van der Waals surface area contributed by atoms with Crippen molar-refractivity contribution in [2.75, 3.05) is 26.2 Å². The van der Waals surface area contributed by atoms with Gasteiger partial charge in [-0.05, 0) is 50.9 Å². The van der Waals surface area contributed by atoms with Gasteiger partial charge in [0.2, 0.25) is 5.91 Å². The van der Waals surface area contributed by atoms with Crippen molar-refractivity contribution in [3.63, 3.8) is 0 Å². The monoisotopic (exact) mass is 387 g/mol. The van der Waals surface area contributed by atoms with E-state index in [1.54, 1.807) is 6.20 Å². The largest absolute Gasteiger partial charge is 0.441 e. The first-order valence-electron chi connectivity index (χ1n) is 9.92. The second-order valence-electron chi connectivity index (χ2n) is 7.45. The first-order valence-corrected chi connectivity index (χ1v) is 10.3. The number of aromatic nitrogens is 1. The van der Waals surface area contributed by atoms with Crippen LogP contribution in [0.25, 0.3) is 11.3 Å². The lowest BCUT2D eigenvalue weighted by atomic mass is 10.0. The summed E-state index contributed by atoms with van der Waals surface area (Å²) >= 11 is 6.20. The van der Waals surface area contributed by atoms with E-state index in [4.69, 9.17) is 16.0 Å². The van der Waals surface area contributed by atoms with Gasteiger partial charge in [-0.2, -0.15) is 0 Å². The summed E-state index contributed by atoms with van der Waals surface area (Å²) in [5.41, 5.74) is 0.827. The maximum absolute atomic E-state index is 12.6. The second-order valence-corrected chi connectivity index (χ2v) is 7.86. The predicted molar refractivity (Wildman–Crippen MR) is 106 cm³/mol. The molecule has 3 heterocycles. The molecule has 1 aromatic carbocycles. The fourth-order valence-corrected chi connectivity index (χ4v) is 4.40. The SMILES string of the molecule is O=C(CCc1ncc(-c2ccccc2Cl)o1)N1CCC(N2CCCC2)CC1. The van der Waals surface area contributed by atoms with Gasteiger partial charge in [-0.3, -0.25) is 4.79 Å². The summed E-state index contributed by atoms with van der Waals surface area (Å²) in [7, 11) is 0. The Morgan fingerprint density at radius 3 is 2.63 bits per heavy atom. The first kappa shape index (κ1) is 18.5. The van der Waals surface area contributed by atoms with Crippen molar-refractivity contribution in [3.05, 3.63) is 41.4 Å². The van der Waals surface area contributed by atoms with E-state index >= 15 is 0 Å². The zero-order chi connectivity index (χ0) is 18.6. The molecule has 0 unspecified atom stereocenters. The van der Waals surface area contributed by atoms with Crippen LogP contribution in [0.5, 0.6) is 0 Å². The number of benzene rings is 1. The van der Waals surface area contributed by atoms with Gasteiger partial charge in [0.25, 0.3) is 0 Å². The number of hydrogen-bond donors (Lipinski definition) is 0. The molecule has 6 heteroatoms. The summed E-state index contributed by atoms with van der Waals surface area (Å²) in [5, 5.41) is 0.636. The lowest BCUT2D eigenvalue weighted by molar-refractivity contribution is -0.132. The van der Waals surface area contributed by atoms with Crippen molar-refractivity contribution in [1.29, 1.82) is 0 Å². The molecule has 2 aliphatic rings. The van der Waals surface area contributed by atoms with Crippen LogP contribution >= 0.6 is 11.6 Å². The van der Waals surface area contributed by atoms with E-state index in [1.807, 2.05) is 29.2 Å². The van der Waals surface area contributed by atoms with Crippen LogP contribution in [-0.4, -0.2) is 52.9 Å². The summed E-state index contributed by atoms with van der Waals surface area (Å²) in [6, 6.07) is 8.20. The van der Waals surface area contributed by atoms with Gasteiger partial charge in [0.1, 0.15) is 0 Å². The molecule has 2 aliphatic heterocycles. The van der Waals surface area contributed by atoms with Crippen LogP contribution in [-0.2, 0) is 11.2 Å².